The van der Waals surface area contributed by atoms with Crippen LogP contribution in [0.4, 0.5) is 11.4 Å². The van der Waals surface area contributed by atoms with Crippen molar-refractivity contribution in [3.05, 3.63) is 18.2 Å². The van der Waals surface area contributed by atoms with Crippen LogP contribution >= 0.6 is 0 Å². The highest BCUT2D eigenvalue weighted by Gasteiger charge is 2.19. The molecule has 5 heteroatoms. The fourth-order valence-electron chi connectivity index (χ4n) is 2.04. The van der Waals surface area contributed by atoms with E-state index in [-0.39, 0.29) is 12.0 Å². The molecule has 18 heavy (non-hydrogen) atoms. The molecule has 0 bridgehead atoms. The molecule has 1 aromatic rings. The summed E-state index contributed by atoms with van der Waals surface area (Å²) in [6.07, 6.45) is 2.44. The summed E-state index contributed by atoms with van der Waals surface area (Å²) in [6, 6.07) is 5.19. The van der Waals surface area contributed by atoms with Crippen molar-refractivity contribution in [3.8, 4) is 5.75 Å². The van der Waals surface area contributed by atoms with Crippen molar-refractivity contribution in [1.29, 1.82) is 0 Å². The fraction of sp³-hybridized carbons (Fsp3) is 0.462. The van der Waals surface area contributed by atoms with Crippen LogP contribution in [0, 0.1) is 0 Å². The Balaban J connectivity index is 1.92. The first-order chi connectivity index (χ1) is 8.69. The number of carbonyl (C=O) groups excluding carboxylic acids is 1. The Kier molecular flexibility index (Phi) is 4.04. The van der Waals surface area contributed by atoms with E-state index in [9.17, 15) is 4.79 Å². The summed E-state index contributed by atoms with van der Waals surface area (Å²) in [7, 11) is 1.56. The molecule has 1 aromatic carbocycles. The molecule has 0 saturated carbocycles. The second-order valence-corrected chi connectivity index (χ2v) is 4.34. The van der Waals surface area contributed by atoms with Gasteiger partial charge in [0.2, 0.25) is 5.91 Å². The van der Waals surface area contributed by atoms with Gasteiger partial charge in [0.25, 0.3) is 0 Å². The minimum absolute atomic E-state index is 0.0496. The quantitative estimate of drug-likeness (QED) is 0.799. The highest BCUT2D eigenvalue weighted by molar-refractivity contribution is 5.91. The molecule has 1 aliphatic heterocycles. The average Bonchev–Trinajstić information content (AvgIpc) is 2.82. The van der Waals surface area contributed by atoms with Gasteiger partial charge in [-0.25, -0.2) is 0 Å². The predicted molar refractivity (Wildman–Crippen MR) is 69.6 cm³/mol. The van der Waals surface area contributed by atoms with E-state index in [1.54, 1.807) is 25.3 Å². The molecule has 1 saturated heterocycles. The molecule has 3 N–H and O–H groups in total. The Morgan fingerprint density at radius 3 is 3.06 bits per heavy atom. The smallest absolute Gasteiger partial charge is 0.226 e. The van der Waals surface area contributed by atoms with Crippen LogP contribution in [0.3, 0.4) is 0 Å². The van der Waals surface area contributed by atoms with E-state index in [4.69, 9.17) is 15.2 Å². The van der Waals surface area contributed by atoms with Crippen molar-refractivity contribution in [3.63, 3.8) is 0 Å². The Labute approximate surface area is 106 Å². The summed E-state index contributed by atoms with van der Waals surface area (Å²) in [5.74, 6) is 0.554. The zero-order valence-corrected chi connectivity index (χ0v) is 10.4. The molecule has 1 unspecified atom stereocenters. The molecule has 0 radical (unpaired) electrons. The van der Waals surface area contributed by atoms with Gasteiger partial charge in [0, 0.05) is 12.3 Å². The molecule has 1 amide bonds. The molecule has 0 spiro atoms. The topological polar surface area (TPSA) is 73.6 Å². The third-order valence-electron chi connectivity index (χ3n) is 2.95. The van der Waals surface area contributed by atoms with Gasteiger partial charge >= 0.3 is 0 Å². The predicted octanol–water partition coefficient (Wildman–Crippen LogP) is 1.78. The van der Waals surface area contributed by atoms with Crippen LogP contribution < -0.4 is 15.8 Å². The highest BCUT2D eigenvalue weighted by atomic mass is 16.5. The lowest BCUT2D eigenvalue weighted by atomic mass is 10.1. The summed E-state index contributed by atoms with van der Waals surface area (Å²) in [5.41, 5.74) is 6.95. The summed E-state index contributed by atoms with van der Waals surface area (Å²) in [5, 5.41) is 2.81. The fourth-order valence-corrected chi connectivity index (χ4v) is 2.04. The minimum atomic E-state index is -0.0496. The molecular weight excluding hydrogens is 232 g/mol. The lowest BCUT2D eigenvalue weighted by molar-refractivity contribution is -0.118. The summed E-state index contributed by atoms with van der Waals surface area (Å²) < 4.78 is 10.5. The van der Waals surface area contributed by atoms with Gasteiger partial charge in [0.15, 0.2) is 0 Å². The maximum absolute atomic E-state index is 11.8. The molecule has 2 rings (SSSR count). The number of benzene rings is 1. The van der Waals surface area contributed by atoms with Gasteiger partial charge in [-0.2, -0.15) is 0 Å². The van der Waals surface area contributed by atoms with E-state index in [0.29, 0.717) is 23.5 Å². The van der Waals surface area contributed by atoms with E-state index in [1.165, 1.54) is 0 Å². The van der Waals surface area contributed by atoms with Crippen molar-refractivity contribution < 1.29 is 14.3 Å². The number of amides is 1. The number of hydrogen-bond acceptors (Lipinski definition) is 4. The molecular formula is C13H18N2O3. The third kappa shape index (κ3) is 3.13. The Hall–Kier alpha value is -1.75. The van der Waals surface area contributed by atoms with E-state index in [0.717, 1.165) is 19.4 Å². The number of nitrogen functional groups attached to an aromatic ring is 1. The lowest BCUT2D eigenvalue weighted by Gasteiger charge is -2.11. The van der Waals surface area contributed by atoms with Gasteiger partial charge in [-0.1, -0.05) is 0 Å². The van der Waals surface area contributed by atoms with E-state index < -0.39 is 0 Å². The molecule has 0 aliphatic carbocycles. The first kappa shape index (κ1) is 12.7. The summed E-state index contributed by atoms with van der Waals surface area (Å²) in [4.78, 5) is 11.8. The molecule has 98 valence electrons. The van der Waals surface area contributed by atoms with E-state index >= 15 is 0 Å². The van der Waals surface area contributed by atoms with Gasteiger partial charge in [0.05, 0.1) is 25.3 Å². The van der Waals surface area contributed by atoms with Gasteiger partial charge in [-0.15, -0.1) is 0 Å². The van der Waals surface area contributed by atoms with Gasteiger partial charge in [-0.05, 0) is 31.0 Å². The Morgan fingerprint density at radius 1 is 1.61 bits per heavy atom. The first-order valence-electron chi connectivity index (χ1n) is 6.04. The van der Waals surface area contributed by atoms with Gasteiger partial charge in [-0.3, -0.25) is 4.79 Å². The van der Waals surface area contributed by atoms with Crippen LogP contribution in [-0.4, -0.2) is 25.7 Å². The molecule has 1 atom stereocenters. The second-order valence-electron chi connectivity index (χ2n) is 4.34. The van der Waals surface area contributed by atoms with Crippen molar-refractivity contribution >= 4 is 17.3 Å². The summed E-state index contributed by atoms with van der Waals surface area (Å²) in [6.45, 7) is 0.757. The number of nitrogens with one attached hydrogen (secondary N) is 1. The average molecular weight is 250 g/mol. The van der Waals surface area contributed by atoms with Gasteiger partial charge < -0.3 is 20.5 Å². The standard InChI is InChI=1S/C13H18N2O3/c1-17-12-5-4-9(7-11(12)14)15-13(16)8-10-3-2-6-18-10/h4-5,7,10H,2-3,6,8,14H2,1H3,(H,15,16). The zero-order chi connectivity index (χ0) is 13.0. The number of anilines is 2. The zero-order valence-electron chi connectivity index (χ0n) is 10.4. The van der Waals surface area contributed by atoms with E-state index in [2.05, 4.69) is 5.32 Å². The number of ether oxygens (including phenoxy) is 2. The molecule has 0 aromatic heterocycles. The van der Waals surface area contributed by atoms with Crippen LogP contribution in [-0.2, 0) is 9.53 Å². The van der Waals surface area contributed by atoms with Crippen molar-refractivity contribution in [2.24, 2.45) is 0 Å². The molecule has 5 nitrogen and oxygen atoms in total. The minimum Gasteiger partial charge on any atom is -0.495 e. The van der Waals surface area contributed by atoms with E-state index in [1.807, 2.05) is 0 Å². The largest absolute Gasteiger partial charge is 0.495 e. The van der Waals surface area contributed by atoms with Crippen molar-refractivity contribution in [1.82, 2.24) is 0 Å². The first-order valence-corrected chi connectivity index (χ1v) is 6.04. The normalized spacial score (nSPS) is 18.6. The van der Waals surface area contributed by atoms with Crippen LogP contribution in [0.15, 0.2) is 18.2 Å². The number of nitrogens with two attached hydrogens (primary N) is 1. The number of carbonyl (C=O) groups is 1. The Bertz CT molecular complexity index is 428. The highest BCUT2D eigenvalue weighted by Crippen LogP contribution is 2.25. The molecule has 1 fully saturated rings. The SMILES string of the molecule is COc1ccc(NC(=O)CC2CCCO2)cc1N. The number of hydrogen-bond donors (Lipinski definition) is 2. The maximum Gasteiger partial charge on any atom is 0.226 e. The summed E-state index contributed by atoms with van der Waals surface area (Å²) >= 11 is 0. The monoisotopic (exact) mass is 250 g/mol. The van der Waals surface area contributed by atoms with Crippen LogP contribution in [0.1, 0.15) is 19.3 Å². The second kappa shape index (κ2) is 5.73. The van der Waals surface area contributed by atoms with Crippen molar-refractivity contribution in [2.45, 2.75) is 25.4 Å². The molecule has 1 aliphatic rings. The molecule has 1 heterocycles. The van der Waals surface area contributed by atoms with Gasteiger partial charge in [0.1, 0.15) is 5.75 Å². The lowest BCUT2D eigenvalue weighted by Crippen LogP contribution is -2.19. The van der Waals surface area contributed by atoms with Crippen LogP contribution in [0.5, 0.6) is 5.75 Å². The number of methoxy groups -OCH3 is 1. The maximum atomic E-state index is 11.8. The van der Waals surface area contributed by atoms with Crippen LogP contribution in [0.2, 0.25) is 0 Å². The Morgan fingerprint density at radius 2 is 2.44 bits per heavy atom. The van der Waals surface area contributed by atoms with Crippen LogP contribution in [0.25, 0.3) is 0 Å². The number of rotatable bonds is 4. The van der Waals surface area contributed by atoms with Crippen molar-refractivity contribution in [2.75, 3.05) is 24.8 Å². The third-order valence-corrected chi connectivity index (χ3v) is 2.95.